The van der Waals surface area contributed by atoms with Gasteiger partial charge in [0.05, 0.1) is 0 Å². The van der Waals surface area contributed by atoms with Gasteiger partial charge in [0.2, 0.25) is 0 Å². The van der Waals surface area contributed by atoms with Crippen LogP contribution in [0.3, 0.4) is 0 Å². The van der Waals surface area contributed by atoms with Gasteiger partial charge in [-0.25, -0.2) is 4.98 Å². The van der Waals surface area contributed by atoms with E-state index in [0.717, 1.165) is 0 Å². The molecule has 1 heterocycles. The van der Waals surface area contributed by atoms with Gasteiger partial charge in [0.1, 0.15) is 11.6 Å². The maximum Gasteiger partial charge on any atom is 0.166 e. The van der Waals surface area contributed by atoms with E-state index in [1.54, 1.807) is 6.08 Å². The third kappa shape index (κ3) is 0.861. The SMILES string of the molecule is C=Cc1nc(N)c(N)[nH]1. The van der Waals surface area contributed by atoms with Crippen molar-refractivity contribution in [2.45, 2.75) is 0 Å². The Bertz CT molecular complexity index is 205. The van der Waals surface area contributed by atoms with Crippen molar-refractivity contribution in [1.82, 2.24) is 9.97 Å². The van der Waals surface area contributed by atoms with Gasteiger partial charge in [0, 0.05) is 0 Å². The Labute approximate surface area is 52.6 Å². The van der Waals surface area contributed by atoms with E-state index in [4.69, 9.17) is 11.5 Å². The molecule has 0 unspecified atom stereocenters. The summed E-state index contributed by atoms with van der Waals surface area (Å²) < 4.78 is 0. The van der Waals surface area contributed by atoms with Crippen LogP contribution in [0.4, 0.5) is 11.6 Å². The summed E-state index contributed by atoms with van der Waals surface area (Å²) in [5.74, 6) is 1.32. The van der Waals surface area contributed by atoms with E-state index in [9.17, 15) is 0 Å². The molecular weight excluding hydrogens is 116 g/mol. The Hall–Kier alpha value is -1.45. The van der Waals surface area contributed by atoms with Gasteiger partial charge in [-0.1, -0.05) is 6.58 Å². The lowest BCUT2D eigenvalue weighted by atomic mass is 10.6. The second-order valence-electron chi connectivity index (χ2n) is 1.63. The van der Waals surface area contributed by atoms with Crippen LogP contribution in [0.5, 0.6) is 0 Å². The monoisotopic (exact) mass is 124 g/mol. The summed E-state index contributed by atoms with van der Waals surface area (Å²) in [6.07, 6.45) is 1.55. The summed E-state index contributed by atoms with van der Waals surface area (Å²) in [6, 6.07) is 0. The number of nitrogens with zero attached hydrogens (tertiary/aromatic N) is 1. The van der Waals surface area contributed by atoms with E-state index in [1.807, 2.05) is 0 Å². The maximum atomic E-state index is 5.33. The third-order valence-electron chi connectivity index (χ3n) is 0.973. The number of imidazole rings is 1. The van der Waals surface area contributed by atoms with Crippen LogP contribution >= 0.6 is 0 Å². The van der Waals surface area contributed by atoms with Crippen molar-refractivity contribution >= 4 is 17.7 Å². The first kappa shape index (κ1) is 5.68. The molecular formula is C5H8N4. The Kier molecular flexibility index (Phi) is 1.14. The van der Waals surface area contributed by atoms with Gasteiger partial charge in [-0.3, -0.25) is 0 Å². The van der Waals surface area contributed by atoms with E-state index in [2.05, 4.69) is 16.5 Å². The largest absolute Gasteiger partial charge is 0.382 e. The highest BCUT2D eigenvalue weighted by Crippen LogP contribution is 2.09. The van der Waals surface area contributed by atoms with Gasteiger partial charge < -0.3 is 16.5 Å². The third-order valence-corrected chi connectivity index (χ3v) is 0.973. The molecule has 0 aliphatic heterocycles. The standard InChI is InChI=1S/C5H8N4/c1-2-3-8-4(6)5(7)9-3/h2H,1,6-7H2,(H,8,9). The maximum absolute atomic E-state index is 5.33. The van der Waals surface area contributed by atoms with Crippen LogP contribution in [-0.4, -0.2) is 9.97 Å². The van der Waals surface area contributed by atoms with E-state index >= 15 is 0 Å². The molecule has 0 spiro atoms. The smallest absolute Gasteiger partial charge is 0.166 e. The fourth-order valence-electron chi connectivity index (χ4n) is 0.517. The van der Waals surface area contributed by atoms with Crippen molar-refractivity contribution in [3.05, 3.63) is 12.4 Å². The fourth-order valence-corrected chi connectivity index (χ4v) is 0.517. The number of hydrogen-bond donors (Lipinski definition) is 3. The molecule has 0 aromatic carbocycles. The quantitative estimate of drug-likeness (QED) is 0.500. The topological polar surface area (TPSA) is 80.7 Å². The van der Waals surface area contributed by atoms with Crippen molar-refractivity contribution in [1.29, 1.82) is 0 Å². The number of nitrogens with two attached hydrogens (primary N) is 2. The zero-order valence-electron chi connectivity index (χ0n) is 4.89. The summed E-state index contributed by atoms with van der Waals surface area (Å²) in [4.78, 5) is 6.53. The Morgan fingerprint density at radius 1 is 1.56 bits per heavy atom. The second-order valence-corrected chi connectivity index (χ2v) is 1.63. The Morgan fingerprint density at radius 2 is 2.22 bits per heavy atom. The van der Waals surface area contributed by atoms with E-state index in [1.165, 1.54) is 0 Å². The second kappa shape index (κ2) is 1.81. The first-order valence-electron chi connectivity index (χ1n) is 2.47. The highest BCUT2D eigenvalue weighted by Gasteiger charge is 1.97. The molecule has 1 aromatic heterocycles. The molecule has 9 heavy (non-hydrogen) atoms. The number of nitrogen functional groups attached to an aromatic ring is 2. The number of anilines is 2. The summed E-state index contributed by atoms with van der Waals surface area (Å²) in [6.45, 7) is 3.48. The minimum absolute atomic E-state index is 0.324. The lowest BCUT2D eigenvalue weighted by Gasteiger charge is -1.80. The molecule has 0 bridgehead atoms. The molecule has 0 saturated carbocycles. The zero-order valence-corrected chi connectivity index (χ0v) is 4.89. The highest BCUT2D eigenvalue weighted by atomic mass is 15.0. The molecule has 0 radical (unpaired) electrons. The molecule has 1 aromatic rings. The first-order chi connectivity index (χ1) is 4.24. The van der Waals surface area contributed by atoms with E-state index in [0.29, 0.717) is 17.5 Å². The number of aromatic amines is 1. The average molecular weight is 124 g/mol. The molecule has 1 rings (SSSR count). The van der Waals surface area contributed by atoms with Crippen LogP contribution in [0.1, 0.15) is 5.82 Å². The van der Waals surface area contributed by atoms with Gasteiger partial charge >= 0.3 is 0 Å². The average Bonchev–Trinajstić information content (AvgIpc) is 2.13. The predicted octanol–water partition coefficient (Wildman–Crippen LogP) is 0.217. The first-order valence-corrected chi connectivity index (χ1v) is 2.47. The minimum Gasteiger partial charge on any atom is -0.382 e. The van der Waals surface area contributed by atoms with Crippen LogP contribution in [0, 0.1) is 0 Å². The van der Waals surface area contributed by atoms with E-state index < -0.39 is 0 Å². The molecule has 0 saturated heterocycles. The van der Waals surface area contributed by atoms with Crippen LogP contribution in [-0.2, 0) is 0 Å². The van der Waals surface area contributed by atoms with Crippen molar-refractivity contribution in [2.75, 3.05) is 11.5 Å². The van der Waals surface area contributed by atoms with Crippen LogP contribution in [0.2, 0.25) is 0 Å². The lowest BCUT2D eigenvalue weighted by Crippen LogP contribution is -1.91. The highest BCUT2D eigenvalue weighted by molar-refractivity contribution is 5.57. The van der Waals surface area contributed by atoms with Crippen molar-refractivity contribution in [3.63, 3.8) is 0 Å². The van der Waals surface area contributed by atoms with Crippen LogP contribution in [0.15, 0.2) is 6.58 Å². The fraction of sp³-hybridized carbons (Fsp3) is 0. The summed E-state index contributed by atoms with van der Waals surface area (Å²) in [5, 5.41) is 0. The van der Waals surface area contributed by atoms with Gasteiger partial charge in [-0.2, -0.15) is 0 Å². The Morgan fingerprint density at radius 3 is 2.44 bits per heavy atom. The molecule has 0 aliphatic rings. The molecule has 0 atom stereocenters. The van der Waals surface area contributed by atoms with Crippen molar-refractivity contribution in [3.8, 4) is 0 Å². The van der Waals surface area contributed by atoms with Gasteiger partial charge in [0.15, 0.2) is 5.82 Å². The molecule has 0 fully saturated rings. The lowest BCUT2D eigenvalue weighted by molar-refractivity contribution is 1.27. The van der Waals surface area contributed by atoms with Crippen LogP contribution in [0.25, 0.3) is 6.08 Å². The van der Waals surface area contributed by atoms with Gasteiger partial charge in [-0.05, 0) is 6.08 Å². The number of aromatic nitrogens is 2. The molecule has 0 amide bonds. The summed E-state index contributed by atoms with van der Waals surface area (Å²) in [7, 11) is 0. The number of H-pyrrole nitrogens is 1. The normalized spacial score (nSPS) is 9.33. The summed E-state index contributed by atoms with van der Waals surface area (Å²) in [5.41, 5.74) is 10.6. The molecule has 0 aliphatic carbocycles. The van der Waals surface area contributed by atoms with Crippen molar-refractivity contribution in [2.24, 2.45) is 0 Å². The molecule has 4 heteroatoms. The zero-order chi connectivity index (χ0) is 6.85. The number of hydrogen-bond acceptors (Lipinski definition) is 3. The number of rotatable bonds is 1. The minimum atomic E-state index is 0.324. The van der Waals surface area contributed by atoms with Crippen LogP contribution < -0.4 is 11.5 Å². The van der Waals surface area contributed by atoms with Gasteiger partial charge in [-0.15, -0.1) is 0 Å². The Balaban J connectivity index is 3.11. The molecule has 4 nitrogen and oxygen atoms in total. The molecule has 48 valence electrons. The molecule has 5 N–H and O–H groups in total. The predicted molar refractivity (Wildman–Crippen MR) is 37.5 cm³/mol. The van der Waals surface area contributed by atoms with E-state index in [-0.39, 0.29) is 0 Å². The number of nitrogens with one attached hydrogen (secondary N) is 1. The van der Waals surface area contributed by atoms with Crippen molar-refractivity contribution < 1.29 is 0 Å². The van der Waals surface area contributed by atoms with Gasteiger partial charge in [0.25, 0.3) is 0 Å². The summed E-state index contributed by atoms with van der Waals surface area (Å²) >= 11 is 0.